The number of benzene rings is 1. The van der Waals surface area contributed by atoms with Crippen molar-refractivity contribution in [1.82, 2.24) is 5.32 Å². The number of rotatable bonds is 2. The third-order valence-corrected chi connectivity index (χ3v) is 3.96. The first kappa shape index (κ1) is 13.7. The van der Waals surface area contributed by atoms with Gasteiger partial charge in [0.2, 0.25) is 0 Å². The first-order valence-corrected chi connectivity index (χ1v) is 7.21. The Labute approximate surface area is 121 Å². The highest BCUT2D eigenvalue weighted by Crippen LogP contribution is 2.37. The summed E-state index contributed by atoms with van der Waals surface area (Å²) in [6.45, 7) is 8.10. The Bertz CT molecular complexity index is 497. The van der Waals surface area contributed by atoms with Crippen LogP contribution < -0.4 is 10.6 Å². The van der Waals surface area contributed by atoms with Crippen LogP contribution >= 0.6 is 27.5 Å². The van der Waals surface area contributed by atoms with Crippen LogP contribution in [0.15, 0.2) is 15.5 Å². The van der Waals surface area contributed by atoms with E-state index in [2.05, 4.69) is 52.3 Å². The van der Waals surface area contributed by atoms with Crippen molar-refractivity contribution in [1.29, 1.82) is 0 Å². The van der Waals surface area contributed by atoms with Crippen molar-refractivity contribution in [3.05, 3.63) is 26.7 Å². The van der Waals surface area contributed by atoms with E-state index in [4.69, 9.17) is 11.6 Å². The molecule has 2 rings (SSSR count). The summed E-state index contributed by atoms with van der Waals surface area (Å²) in [6.07, 6.45) is 0. The molecule has 0 radical (unpaired) electrons. The van der Waals surface area contributed by atoms with Crippen LogP contribution in [-0.2, 0) is 0 Å². The van der Waals surface area contributed by atoms with Crippen LogP contribution in [0.2, 0.25) is 5.02 Å². The SMILES string of the molecule is Cc1c(NC2=NCCN2)c(Br)cc(Cl)c1C(C)C. The minimum absolute atomic E-state index is 0.393. The molecule has 2 N–H and O–H groups in total. The number of nitrogens with zero attached hydrogens (tertiary/aromatic N) is 1. The van der Waals surface area contributed by atoms with Gasteiger partial charge >= 0.3 is 0 Å². The van der Waals surface area contributed by atoms with Crippen LogP contribution in [0.25, 0.3) is 0 Å². The molecule has 0 aromatic heterocycles. The summed E-state index contributed by atoms with van der Waals surface area (Å²) >= 11 is 9.87. The summed E-state index contributed by atoms with van der Waals surface area (Å²) in [7, 11) is 0. The smallest absolute Gasteiger partial charge is 0.195 e. The largest absolute Gasteiger partial charge is 0.354 e. The van der Waals surface area contributed by atoms with Crippen molar-refractivity contribution < 1.29 is 0 Å². The topological polar surface area (TPSA) is 36.4 Å². The zero-order chi connectivity index (χ0) is 13.3. The molecular weight excluding hydrogens is 314 g/mol. The van der Waals surface area contributed by atoms with Gasteiger partial charge in [0.1, 0.15) is 0 Å². The monoisotopic (exact) mass is 329 g/mol. The van der Waals surface area contributed by atoms with Gasteiger partial charge in [-0.15, -0.1) is 0 Å². The van der Waals surface area contributed by atoms with Crippen LogP contribution in [0.5, 0.6) is 0 Å². The maximum Gasteiger partial charge on any atom is 0.195 e. The van der Waals surface area contributed by atoms with E-state index in [1.807, 2.05) is 6.07 Å². The summed E-state index contributed by atoms with van der Waals surface area (Å²) in [5.74, 6) is 1.22. The second kappa shape index (κ2) is 5.49. The zero-order valence-corrected chi connectivity index (χ0v) is 13.1. The summed E-state index contributed by atoms with van der Waals surface area (Å²) in [4.78, 5) is 4.35. The molecule has 0 fully saturated rings. The van der Waals surface area contributed by atoms with Crippen molar-refractivity contribution in [3.63, 3.8) is 0 Å². The third-order valence-electron chi connectivity index (χ3n) is 3.02. The number of hydrogen-bond acceptors (Lipinski definition) is 3. The average Bonchev–Trinajstić information content (AvgIpc) is 2.75. The summed E-state index contributed by atoms with van der Waals surface area (Å²) in [6, 6.07) is 1.95. The molecule has 3 nitrogen and oxygen atoms in total. The number of hydrogen-bond donors (Lipinski definition) is 2. The maximum atomic E-state index is 6.31. The molecule has 5 heteroatoms. The number of guanidine groups is 1. The van der Waals surface area contributed by atoms with Gasteiger partial charge in [-0.1, -0.05) is 25.4 Å². The molecule has 0 saturated heterocycles. The van der Waals surface area contributed by atoms with E-state index in [9.17, 15) is 0 Å². The van der Waals surface area contributed by atoms with Gasteiger partial charge in [-0.2, -0.15) is 0 Å². The molecule has 1 aromatic rings. The summed E-state index contributed by atoms with van der Waals surface area (Å²) in [5.41, 5.74) is 3.39. The van der Waals surface area contributed by atoms with Gasteiger partial charge in [-0.25, -0.2) is 0 Å². The predicted molar refractivity (Wildman–Crippen MR) is 81.9 cm³/mol. The van der Waals surface area contributed by atoms with Crippen LogP contribution in [0.3, 0.4) is 0 Å². The number of aliphatic imine (C=N–C) groups is 1. The quantitative estimate of drug-likeness (QED) is 0.862. The lowest BCUT2D eigenvalue weighted by molar-refractivity contribution is 0.857. The predicted octanol–water partition coefficient (Wildman–Crippen LogP) is 3.91. The Morgan fingerprint density at radius 1 is 1.50 bits per heavy atom. The Morgan fingerprint density at radius 3 is 2.78 bits per heavy atom. The third kappa shape index (κ3) is 2.64. The summed E-state index contributed by atoms with van der Waals surface area (Å²) < 4.78 is 0.964. The van der Waals surface area contributed by atoms with Gasteiger partial charge in [0.25, 0.3) is 0 Å². The van der Waals surface area contributed by atoms with Crippen molar-refractivity contribution in [3.8, 4) is 0 Å². The maximum absolute atomic E-state index is 6.31. The van der Waals surface area contributed by atoms with Crippen LogP contribution in [0.4, 0.5) is 5.69 Å². The van der Waals surface area contributed by atoms with E-state index in [1.54, 1.807) is 0 Å². The fraction of sp³-hybridized carbons (Fsp3) is 0.462. The Morgan fingerprint density at radius 2 is 2.22 bits per heavy atom. The fourth-order valence-electron chi connectivity index (χ4n) is 2.22. The standard InChI is InChI=1S/C13H17BrClN3/c1-7(2)11-8(3)12(9(14)6-10(11)15)18-13-16-4-5-17-13/h6-7H,4-5H2,1-3H3,(H2,16,17,18). The molecule has 1 aliphatic heterocycles. The first-order chi connectivity index (χ1) is 8.50. The molecule has 0 amide bonds. The van der Waals surface area contributed by atoms with Crippen molar-refractivity contribution in [2.24, 2.45) is 4.99 Å². The molecule has 0 bridgehead atoms. The second-order valence-electron chi connectivity index (χ2n) is 4.69. The second-order valence-corrected chi connectivity index (χ2v) is 5.95. The Kier molecular flexibility index (Phi) is 4.17. The molecule has 0 aliphatic carbocycles. The van der Waals surface area contributed by atoms with Crippen LogP contribution in [0.1, 0.15) is 30.9 Å². The van der Waals surface area contributed by atoms with Gasteiger partial charge in [-0.3, -0.25) is 4.99 Å². The molecule has 98 valence electrons. The highest BCUT2D eigenvalue weighted by atomic mass is 79.9. The van der Waals surface area contributed by atoms with E-state index in [0.717, 1.165) is 34.2 Å². The highest BCUT2D eigenvalue weighted by Gasteiger charge is 2.17. The van der Waals surface area contributed by atoms with Crippen LogP contribution in [-0.4, -0.2) is 19.0 Å². The molecule has 1 aliphatic rings. The van der Waals surface area contributed by atoms with Gasteiger partial charge < -0.3 is 10.6 Å². The molecule has 18 heavy (non-hydrogen) atoms. The molecule has 0 unspecified atom stereocenters. The van der Waals surface area contributed by atoms with Crippen molar-refractivity contribution in [2.45, 2.75) is 26.7 Å². The number of nitrogens with one attached hydrogen (secondary N) is 2. The normalized spacial score (nSPS) is 14.7. The van der Waals surface area contributed by atoms with E-state index in [-0.39, 0.29) is 0 Å². The van der Waals surface area contributed by atoms with E-state index in [1.165, 1.54) is 11.1 Å². The molecule has 0 spiro atoms. The van der Waals surface area contributed by atoms with Crippen molar-refractivity contribution in [2.75, 3.05) is 18.4 Å². The zero-order valence-electron chi connectivity index (χ0n) is 10.8. The Hall–Kier alpha value is -0.740. The van der Waals surface area contributed by atoms with Gasteiger partial charge in [-0.05, 0) is 46.0 Å². The molecule has 0 saturated carbocycles. The van der Waals surface area contributed by atoms with Gasteiger partial charge in [0, 0.05) is 16.0 Å². The minimum atomic E-state index is 0.393. The molecule has 0 atom stereocenters. The molecular formula is C13H17BrClN3. The van der Waals surface area contributed by atoms with E-state index in [0.29, 0.717) is 5.92 Å². The Balaban J connectivity index is 2.42. The van der Waals surface area contributed by atoms with Gasteiger partial charge in [0.05, 0.1) is 12.2 Å². The minimum Gasteiger partial charge on any atom is -0.354 e. The van der Waals surface area contributed by atoms with Crippen LogP contribution in [0, 0.1) is 6.92 Å². The fourth-order valence-corrected chi connectivity index (χ4v) is 3.44. The van der Waals surface area contributed by atoms with E-state index < -0.39 is 0 Å². The number of anilines is 1. The average molecular weight is 331 g/mol. The lowest BCUT2D eigenvalue weighted by atomic mass is 9.96. The molecule has 1 aromatic carbocycles. The summed E-state index contributed by atoms with van der Waals surface area (Å²) in [5, 5.41) is 7.35. The van der Waals surface area contributed by atoms with E-state index >= 15 is 0 Å². The lowest BCUT2D eigenvalue weighted by Gasteiger charge is -2.19. The molecule has 1 heterocycles. The number of halogens is 2. The van der Waals surface area contributed by atoms with Crippen molar-refractivity contribution >= 4 is 39.2 Å². The first-order valence-electron chi connectivity index (χ1n) is 6.04. The lowest BCUT2D eigenvalue weighted by Crippen LogP contribution is -2.27. The van der Waals surface area contributed by atoms with Gasteiger partial charge in [0.15, 0.2) is 5.96 Å². The highest BCUT2D eigenvalue weighted by molar-refractivity contribution is 9.10.